The molecule has 2 fully saturated rings. The smallest absolute Gasteiger partial charge is 0.340 e. The molecule has 0 amide bonds. The second-order valence-electron chi connectivity index (χ2n) is 14.3. The molecule has 1 aromatic heterocycles. The molecule has 46 heavy (non-hydrogen) atoms. The third kappa shape index (κ3) is 8.28. The standard InChI is InChI=1S/C39H51FN2O4/c1-25(2)45-38(43)37(46-39(5,6)7)35-27(4)41-26(3)34(36(35)42-22-20-29-10-8-9-11-31(29)24-42)30-14-18-33(19-15-30)44-23-21-28-12-16-32(40)17-13-28/h12-19,25,29,31,37H,8-11,20-24H2,1-7H3/t29-,31-,37?/m1/s1. The number of carbonyl (C=O) groups excluding carboxylic acids is 1. The van der Waals surface area contributed by atoms with Gasteiger partial charge in [-0.3, -0.25) is 4.98 Å². The Labute approximate surface area is 274 Å². The second kappa shape index (κ2) is 14.5. The lowest BCUT2D eigenvalue weighted by atomic mass is 9.74. The Morgan fingerprint density at radius 2 is 1.63 bits per heavy atom. The lowest BCUT2D eigenvalue weighted by Gasteiger charge is -2.44. The van der Waals surface area contributed by atoms with Gasteiger partial charge in [0, 0.05) is 42.0 Å². The molecule has 2 heterocycles. The van der Waals surface area contributed by atoms with Crippen LogP contribution in [0, 0.1) is 31.5 Å². The van der Waals surface area contributed by atoms with Gasteiger partial charge in [0.1, 0.15) is 11.6 Å². The maximum absolute atomic E-state index is 13.8. The number of hydrogen-bond donors (Lipinski definition) is 0. The Balaban J connectivity index is 1.54. The molecule has 2 aromatic carbocycles. The summed E-state index contributed by atoms with van der Waals surface area (Å²) in [6.07, 6.45) is 5.81. The van der Waals surface area contributed by atoms with Crippen LogP contribution in [0.15, 0.2) is 48.5 Å². The third-order valence-electron chi connectivity index (χ3n) is 9.20. The highest BCUT2D eigenvalue weighted by Gasteiger charge is 2.39. The van der Waals surface area contributed by atoms with Crippen molar-refractivity contribution in [2.45, 2.75) is 105 Å². The molecule has 0 N–H and O–H groups in total. The first-order valence-corrected chi connectivity index (χ1v) is 17.0. The summed E-state index contributed by atoms with van der Waals surface area (Å²) in [6, 6.07) is 14.7. The number of piperidine rings is 1. The van der Waals surface area contributed by atoms with Crippen LogP contribution in [0.5, 0.6) is 5.75 Å². The van der Waals surface area contributed by atoms with Crippen molar-refractivity contribution in [3.63, 3.8) is 0 Å². The van der Waals surface area contributed by atoms with E-state index in [4.69, 9.17) is 19.2 Å². The number of anilines is 1. The fraction of sp³-hybridized carbons (Fsp3) is 0.538. The van der Waals surface area contributed by atoms with E-state index in [0.29, 0.717) is 18.9 Å². The Morgan fingerprint density at radius 1 is 0.957 bits per heavy atom. The molecule has 5 rings (SSSR count). The zero-order valence-corrected chi connectivity index (χ0v) is 28.7. The van der Waals surface area contributed by atoms with Gasteiger partial charge in [0.25, 0.3) is 0 Å². The lowest BCUT2D eigenvalue weighted by Crippen LogP contribution is -2.43. The number of aromatic nitrogens is 1. The van der Waals surface area contributed by atoms with Crippen LogP contribution < -0.4 is 9.64 Å². The average Bonchev–Trinajstić information content (AvgIpc) is 3.00. The van der Waals surface area contributed by atoms with Gasteiger partial charge in [-0.1, -0.05) is 43.5 Å². The molecule has 0 bridgehead atoms. The minimum Gasteiger partial charge on any atom is -0.493 e. The Hall–Kier alpha value is -3.45. The predicted octanol–water partition coefficient (Wildman–Crippen LogP) is 8.95. The van der Waals surface area contributed by atoms with Gasteiger partial charge in [-0.15, -0.1) is 0 Å². The first-order valence-electron chi connectivity index (χ1n) is 17.0. The predicted molar refractivity (Wildman–Crippen MR) is 182 cm³/mol. The molecule has 2 aliphatic rings. The minimum atomic E-state index is -0.914. The van der Waals surface area contributed by atoms with Crippen molar-refractivity contribution >= 4 is 11.7 Å². The monoisotopic (exact) mass is 630 g/mol. The fourth-order valence-electron chi connectivity index (χ4n) is 7.17. The summed E-state index contributed by atoms with van der Waals surface area (Å²) in [5.41, 5.74) is 6.03. The molecule has 0 spiro atoms. The molecule has 7 heteroatoms. The van der Waals surface area contributed by atoms with Crippen LogP contribution in [0.1, 0.15) is 95.3 Å². The van der Waals surface area contributed by atoms with Gasteiger partial charge in [-0.05, 0) is 109 Å². The molecule has 1 aliphatic heterocycles. The number of fused-ring (bicyclic) bond motifs is 1. The van der Waals surface area contributed by atoms with Gasteiger partial charge < -0.3 is 19.1 Å². The van der Waals surface area contributed by atoms with E-state index in [1.165, 1.54) is 37.8 Å². The zero-order chi connectivity index (χ0) is 33.0. The van der Waals surface area contributed by atoms with E-state index in [1.54, 1.807) is 12.1 Å². The van der Waals surface area contributed by atoms with Crippen LogP contribution in [0.4, 0.5) is 10.1 Å². The maximum Gasteiger partial charge on any atom is 0.340 e. The Bertz CT molecular complexity index is 1480. The summed E-state index contributed by atoms with van der Waals surface area (Å²) < 4.78 is 31.7. The van der Waals surface area contributed by atoms with E-state index < -0.39 is 11.7 Å². The molecule has 1 unspecified atom stereocenters. The van der Waals surface area contributed by atoms with Crippen molar-refractivity contribution in [2.24, 2.45) is 11.8 Å². The van der Waals surface area contributed by atoms with Gasteiger partial charge in [0.2, 0.25) is 0 Å². The maximum atomic E-state index is 13.8. The van der Waals surface area contributed by atoms with Crippen molar-refractivity contribution < 1.29 is 23.4 Å². The number of ether oxygens (including phenoxy) is 3. The normalized spacial score (nSPS) is 19.1. The quantitative estimate of drug-likeness (QED) is 0.209. The highest BCUT2D eigenvalue weighted by atomic mass is 19.1. The third-order valence-corrected chi connectivity index (χ3v) is 9.20. The molecular formula is C39H51FN2O4. The number of benzene rings is 2. The molecule has 3 aromatic rings. The van der Waals surface area contributed by atoms with E-state index in [2.05, 4.69) is 24.0 Å². The molecule has 1 saturated carbocycles. The highest BCUT2D eigenvalue weighted by molar-refractivity contribution is 5.88. The fourth-order valence-corrected chi connectivity index (χ4v) is 7.17. The van der Waals surface area contributed by atoms with Crippen molar-refractivity contribution in [3.05, 3.63) is 76.9 Å². The number of carbonyl (C=O) groups is 1. The number of esters is 1. The number of aryl methyl sites for hydroxylation is 2. The van der Waals surface area contributed by atoms with Crippen molar-refractivity contribution in [1.82, 2.24) is 4.98 Å². The first kappa shape index (κ1) is 33.9. The topological polar surface area (TPSA) is 60.9 Å². The summed E-state index contributed by atoms with van der Waals surface area (Å²) in [5.74, 6) is 1.55. The van der Waals surface area contributed by atoms with Crippen LogP contribution in [-0.2, 0) is 20.7 Å². The number of rotatable bonds is 10. The summed E-state index contributed by atoms with van der Waals surface area (Å²) >= 11 is 0. The molecule has 248 valence electrons. The molecule has 3 atom stereocenters. The number of pyridine rings is 1. The van der Waals surface area contributed by atoms with Crippen molar-refractivity contribution in [2.75, 3.05) is 24.6 Å². The highest BCUT2D eigenvalue weighted by Crippen LogP contribution is 2.46. The molecule has 1 saturated heterocycles. The summed E-state index contributed by atoms with van der Waals surface area (Å²) in [5, 5.41) is 0. The number of hydrogen-bond acceptors (Lipinski definition) is 6. The van der Waals surface area contributed by atoms with E-state index in [9.17, 15) is 9.18 Å². The van der Waals surface area contributed by atoms with Crippen LogP contribution in [0.3, 0.4) is 0 Å². The van der Waals surface area contributed by atoms with Gasteiger partial charge in [-0.2, -0.15) is 0 Å². The van der Waals surface area contributed by atoms with Crippen LogP contribution in [-0.4, -0.2) is 42.4 Å². The van der Waals surface area contributed by atoms with Gasteiger partial charge >= 0.3 is 5.97 Å². The van der Waals surface area contributed by atoms with E-state index >= 15 is 0 Å². The van der Waals surface area contributed by atoms with Gasteiger partial charge in [0.05, 0.1) is 24.0 Å². The average molecular weight is 631 g/mol. The lowest BCUT2D eigenvalue weighted by molar-refractivity contribution is -0.171. The molecular weight excluding hydrogens is 579 g/mol. The van der Waals surface area contributed by atoms with E-state index in [-0.39, 0.29) is 17.9 Å². The van der Waals surface area contributed by atoms with E-state index in [1.807, 2.05) is 53.7 Å². The van der Waals surface area contributed by atoms with Crippen LogP contribution >= 0.6 is 0 Å². The zero-order valence-electron chi connectivity index (χ0n) is 28.7. The first-order chi connectivity index (χ1) is 21.9. The van der Waals surface area contributed by atoms with Crippen LogP contribution in [0.2, 0.25) is 0 Å². The van der Waals surface area contributed by atoms with Gasteiger partial charge in [0.15, 0.2) is 6.10 Å². The SMILES string of the molecule is Cc1nc(C)c(C(OC(C)(C)C)C(=O)OC(C)C)c(N2CC[C@H]3CCCC[C@@H]3C2)c1-c1ccc(OCCc2ccc(F)cc2)cc1. The number of halogens is 1. The van der Waals surface area contributed by atoms with Crippen LogP contribution in [0.25, 0.3) is 11.1 Å². The Kier molecular flexibility index (Phi) is 10.7. The minimum absolute atomic E-state index is 0.236. The number of nitrogens with zero attached hydrogens (tertiary/aromatic N) is 2. The summed E-state index contributed by atoms with van der Waals surface area (Å²) in [4.78, 5) is 21.4. The van der Waals surface area contributed by atoms with E-state index in [0.717, 1.165) is 70.5 Å². The molecule has 0 radical (unpaired) electrons. The molecule has 1 aliphatic carbocycles. The second-order valence-corrected chi connectivity index (χ2v) is 14.3. The Morgan fingerprint density at radius 3 is 2.28 bits per heavy atom. The summed E-state index contributed by atoms with van der Waals surface area (Å²) in [7, 11) is 0. The molecule has 6 nitrogen and oxygen atoms in total. The largest absolute Gasteiger partial charge is 0.493 e. The van der Waals surface area contributed by atoms with Crippen molar-refractivity contribution in [3.8, 4) is 16.9 Å². The van der Waals surface area contributed by atoms with Gasteiger partial charge in [-0.25, -0.2) is 9.18 Å². The van der Waals surface area contributed by atoms with Crippen molar-refractivity contribution in [1.29, 1.82) is 0 Å². The summed E-state index contributed by atoms with van der Waals surface area (Å²) in [6.45, 7) is 16.1.